The standard InChI is InChI=1S/C13H15N3OS/c1-2-4-10(5-3-1)12-15-16-13(17-12)18-11-6-8-14-9-7-11/h1-5,11,14H,6-9H2. The number of thioether (sulfide) groups is 1. The van der Waals surface area contributed by atoms with Gasteiger partial charge in [-0.15, -0.1) is 10.2 Å². The number of rotatable bonds is 3. The lowest BCUT2D eigenvalue weighted by atomic mass is 10.2. The third kappa shape index (κ3) is 2.73. The van der Waals surface area contributed by atoms with Crippen molar-refractivity contribution in [1.29, 1.82) is 0 Å². The highest BCUT2D eigenvalue weighted by Gasteiger charge is 2.18. The molecule has 94 valence electrons. The van der Waals surface area contributed by atoms with Crippen molar-refractivity contribution < 1.29 is 4.42 Å². The van der Waals surface area contributed by atoms with Crippen molar-refractivity contribution in [3.8, 4) is 11.5 Å². The average molecular weight is 261 g/mol. The first kappa shape index (κ1) is 11.7. The molecule has 0 atom stereocenters. The highest BCUT2D eigenvalue weighted by Crippen LogP contribution is 2.29. The fourth-order valence-corrected chi connectivity index (χ4v) is 2.98. The zero-order valence-corrected chi connectivity index (χ0v) is 10.8. The zero-order valence-electron chi connectivity index (χ0n) is 10.0. The summed E-state index contributed by atoms with van der Waals surface area (Å²) >= 11 is 1.70. The number of hydrogen-bond acceptors (Lipinski definition) is 5. The van der Waals surface area contributed by atoms with Gasteiger partial charge in [0.2, 0.25) is 5.89 Å². The summed E-state index contributed by atoms with van der Waals surface area (Å²) in [4.78, 5) is 0. The molecule has 0 bridgehead atoms. The van der Waals surface area contributed by atoms with E-state index >= 15 is 0 Å². The molecular weight excluding hydrogens is 246 g/mol. The molecule has 1 N–H and O–H groups in total. The maximum atomic E-state index is 5.69. The summed E-state index contributed by atoms with van der Waals surface area (Å²) in [6.07, 6.45) is 2.32. The molecule has 0 amide bonds. The van der Waals surface area contributed by atoms with E-state index in [1.807, 2.05) is 30.3 Å². The predicted molar refractivity (Wildman–Crippen MR) is 71.5 cm³/mol. The van der Waals surface area contributed by atoms with Gasteiger partial charge < -0.3 is 9.73 Å². The molecule has 2 aromatic rings. The number of aromatic nitrogens is 2. The summed E-state index contributed by atoms with van der Waals surface area (Å²) in [6, 6.07) is 9.88. The zero-order chi connectivity index (χ0) is 12.2. The molecule has 1 aromatic heterocycles. The molecule has 4 nitrogen and oxygen atoms in total. The maximum Gasteiger partial charge on any atom is 0.277 e. The Morgan fingerprint density at radius 3 is 2.67 bits per heavy atom. The van der Waals surface area contributed by atoms with Gasteiger partial charge >= 0.3 is 0 Å². The second-order valence-corrected chi connectivity index (χ2v) is 5.56. The molecule has 3 rings (SSSR count). The van der Waals surface area contributed by atoms with E-state index in [0.29, 0.717) is 16.4 Å². The number of nitrogens with zero attached hydrogens (tertiary/aromatic N) is 2. The van der Waals surface area contributed by atoms with Crippen molar-refractivity contribution in [2.24, 2.45) is 0 Å². The Morgan fingerprint density at radius 1 is 1.11 bits per heavy atom. The highest BCUT2D eigenvalue weighted by atomic mass is 32.2. The van der Waals surface area contributed by atoms with E-state index in [1.165, 1.54) is 0 Å². The minimum atomic E-state index is 0.593. The number of hydrogen-bond donors (Lipinski definition) is 1. The lowest BCUT2D eigenvalue weighted by molar-refractivity contribution is 0.460. The third-order valence-electron chi connectivity index (χ3n) is 2.98. The highest BCUT2D eigenvalue weighted by molar-refractivity contribution is 7.99. The van der Waals surface area contributed by atoms with Gasteiger partial charge in [-0.25, -0.2) is 0 Å². The number of piperidine rings is 1. The van der Waals surface area contributed by atoms with E-state index in [-0.39, 0.29) is 0 Å². The Labute approximate surface area is 110 Å². The second kappa shape index (κ2) is 5.54. The molecule has 0 spiro atoms. The molecule has 0 aliphatic carbocycles. The van der Waals surface area contributed by atoms with Crippen LogP contribution in [0.1, 0.15) is 12.8 Å². The summed E-state index contributed by atoms with van der Waals surface area (Å²) < 4.78 is 5.69. The molecular formula is C13H15N3OS. The van der Waals surface area contributed by atoms with E-state index < -0.39 is 0 Å². The molecule has 1 fully saturated rings. The molecule has 1 aliphatic heterocycles. The Balaban J connectivity index is 1.69. The van der Waals surface area contributed by atoms with Gasteiger partial charge in [0.25, 0.3) is 5.22 Å². The second-order valence-electron chi connectivity index (χ2n) is 4.31. The van der Waals surface area contributed by atoms with Crippen LogP contribution >= 0.6 is 11.8 Å². The lowest BCUT2D eigenvalue weighted by Gasteiger charge is -2.19. The SMILES string of the molecule is c1ccc(-c2nnc(SC3CCNCC3)o2)cc1. The average Bonchev–Trinajstić information content (AvgIpc) is 2.89. The molecule has 1 aliphatic rings. The van der Waals surface area contributed by atoms with Crippen molar-refractivity contribution >= 4 is 11.8 Å². The first-order valence-corrected chi connectivity index (χ1v) is 7.06. The van der Waals surface area contributed by atoms with Crippen LogP contribution in [-0.4, -0.2) is 28.5 Å². The van der Waals surface area contributed by atoms with Gasteiger partial charge in [0.15, 0.2) is 0 Å². The van der Waals surface area contributed by atoms with Crippen molar-refractivity contribution in [3.05, 3.63) is 30.3 Å². The number of nitrogens with one attached hydrogen (secondary N) is 1. The maximum absolute atomic E-state index is 5.69. The molecule has 0 unspecified atom stereocenters. The van der Waals surface area contributed by atoms with Gasteiger partial charge in [-0.2, -0.15) is 0 Å². The first-order valence-electron chi connectivity index (χ1n) is 6.18. The molecule has 1 aromatic carbocycles. The molecule has 5 heteroatoms. The monoisotopic (exact) mass is 261 g/mol. The molecule has 2 heterocycles. The Morgan fingerprint density at radius 2 is 1.89 bits per heavy atom. The van der Waals surface area contributed by atoms with Gasteiger partial charge in [0, 0.05) is 10.8 Å². The van der Waals surface area contributed by atoms with Gasteiger partial charge in [-0.3, -0.25) is 0 Å². The fraction of sp³-hybridized carbons (Fsp3) is 0.385. The Kier molecular flexibility index (Phi) is 3.61. The molecule has 0 saturated carbocycles. The van der Waals surface area contributed by atoms with Crippen LogP contribution in [0.3, 0.4) is 0 Å². The van der Waals surface area contributed by atoms with Crippen LogP contribution in [0.4, 0.5) is 0 Å². The van der Waals surface area contributed by atoms with Crippen molar-refractivity contribution in [3.63, 3.8) is 0 Å². The van der Waals surface area contributed by atoms with E-state index in [4.69, 9.17) is 4.42 Å². The quantitative estimate of drug-likeness (QED) is 0.920. The van der Waals surface area contributed by atoms with Crippen LogP contribution in [0.15, 0.2) is 40.0 Å². The van der Waals surface area contributed by atoms with E-state index in [0.717, 1.165) is 31.5 Å². The molecule has 1 saturated heterocycles. The van der Waals surface area contributed by atoms with Crippen LogP contribution in [-0.2, 0) is 0 Å². The number of benzene rings is 1. The van der Waals surface area contributed by atoms with Crippen LogP contribution < -0.4 is 5.32 Å². The van der Waals surface area contributed by atoms with Crippen LogP contribution in [0, 0.1) is 0 Å². The van der Waals surface area contributed by atoms with Gasteiger partial charge in [-0.05, 0) is 38.1 Å². The Bertz CT molecular complexity index is 494. The molecule has 18 heavy (non-hydrogen) atoms. The smallest absolute Gasteiger partial charge is 0.277 e. The van der Waals surface area contributed by atoms with E-state index in [1.54, 1.807) is 11.8 Å². The van der Waals surface area contributed by atoms with Gasteiger partial charge in [-0.1, -0.05) is 30.0 Å². The van der Waals surface area contributed by atoms with Crippen molar-refractivity contribution in [2.45, 2.75) is 23.3 Å². The largest absolute Gasteiger partial charge is 0.411 e. The minimum absolute atomic E-state index is 0.593. The van der Waals surface area contributed by atoms with Crippen LogP contribution in [0.5, 0.6) is 0 Å². The summed E-state index contributed by atoms with van der Waals surface area (Å²) in [5.41, 5.74) is 0.974. The van der Waals surface area contributed by atoms with E-state index in [2.05, 4.69) is 15.5 Å². The van der Waals surface area contributed by atoms with Crippen molar-refractivity contribution in [2.75, 3.05) is 13.1 Å². The summed E-state index contributed by atoms with van der Waals surface area (Å²) in [5, 5.41) is 12.8. The van der Waals surface area contributed by atoms with Crippen LogP contribution in [0.25, 0.3) is 11.5 Å². The summed E-state index contributed by atoms with van der Waals surface area (Å²) in [7, 11) is 0. The topological polar surface area (TPSA) is 51.0 Å². The van der Waals surface area contributed by atoms with E-state index in [9.17, 15) is 0 Å². The van der Waals surface area contributed by atoms with Crippen molar-refractivity contribution in [1.82, 2.24) is 15.5 Å². The van der Waals surface area contributed by atoms with Gasteiger partial charge in [0.05, 0.1) is 0 Å². The summed E-state index contributed by atoms with van der Waals surface area (Å²) in [6.45, 7) is 2.16. The summed E-state index contributed by atoms with van der Waals surface area (Å²) in [5.74, 6) is 0.604. The van der Waals surface area contributed by atoms with Crippen LogP contribution in [0.2, 0.25) is 0 Å². The fourth-order valence-electron chi connectivity index (χ4n) is 2.01. The normalized spacial score (nSPS) is 16.9. The van der Waals surface area contributed by atoms with Gasteiger partial charge in [0.1, 0.15) is 0 Å². The third-order valence-corrected chi connectivity index (χ3v) is 4.15. The Hall–Kier alpha value is -1.33. The molecule has 0 radical (unpaired) electrons. The minimum Gasteiger partial charge on any atom is -0.411 e. The first-order chi connectivity index (χ1) is 8.92. The predicted octanol–water partition coefficient (Wildman–Crippen LogP) is 2.58. The lowest BCUT2D eigenvalue weighted by Crippen LogP contribution is -2.29.